The van der Waals surface area contributed by atoms with E-state index in [9.17, 15) is 14.4 Å². The van der Waals surface area contributed by atoms with Gasteiger partial charge in [-0.1, -0.05) is 44.2 Å². The maximum Gasteiger partial charge on any atom is 0.338 e. The van der Waals surface area contributed by atoms with Crippen LogP contribution in [0.15, 0.2) is 117 Å². The van der Waals surface area contributed by atoms with E-state index in [-0.39, 0.29) is 6.47 Å². The summed E-state index contributed by atoms with van der Waals surface area (Å²) < 4.78 is 25.6. The van der Waals surface area contributed by atoms with Gasteiger partial charge in [0.25, 0.3) is 6.47 Å². The SMILES string of the molecule is C/C=C(\C)C(=O)Oc1cc(O/C=C/OC=O)ccc1-c1ccc(O/C=C/OC)cc1.C=C.C=C(C)C.C=C(C)C=O.CC. The van der Waals surface area contributed by atoms with E-state index in [1.54, 1.807) is 57.2 Å². The Balaban J connectivity index is -0.00000105. The molecule has 8 heteroatoms. The predicted octanol–water partition coefficient (Wildman–Crippen LogP) is 8.92. The molecule has 8 nitrogen and oxygen atoms in total. The van der Waals surface area contributed by atoms with Crippen molar-refractivity contribution in [1.82, 2.24) is 0 Å². The molecule has 0 bridgehead atoms. The number of ether oxygens (including phenoxy) is 5. The van der Waals surface area contributed by atoms with Gasteiger partial charge in [0.15, 0.2) is 0 Å². The van der Waals surface area contributed by atoms with E-state index in [0.29, 0.717) is 34.0 Å². The van der Waals surface area contributed by atoms with Crippen LogP contribution in [-0.4, -0.2) is 25.8 Å². The summed E-state index contributed by atoms with van der Waals surface area (Å²) in [6, 6.07) is 12.3. The first kappa shape index (κ1) is 42.4. The number of aldehydes is 1. The molecule has 0 radical (unpaired) electrons. The standard InChI is InChI=1S/C23H22O7.C4H6O.C4H8.C2H6.C2H4/c1-4-17(2)23(25)30-22-15-20(29-14-12-27-16-24)9-10-21(22)18-5-7-19(8-6-18)28-13-11-26-3;1-4(2)3-5;1-4(2)3;2*1-2/h4-16H,1-3H3;3H,1H2,2H3;1H2,2-3H3;1-2H3;1-2H2/b13-11+,14-12+,17-4+;;;;. The molecule has 0 amide bonds. The lowest BCUT2D eigenvalue weighted by Gasteiger charge is -2.13. The van der Waals surface area contributed by atoms with Crippen LogP contribution in [0.1, 0.15) is 48.5 Å². The minimum absolute atomic E-state index is 0.272. The fourth-order valence-electron chi connectivity index (χ4n) is 2.24. The van der Waals surface area contributed by atoms with Crippen molar-refractivity contribution in [2.24, 2.45) is 0 Å². The van der Waals surface area contributed by atoms with E-state index in [1.807, 2.05) is 39.8 Å². The van der Waals surface area contributed by atoms with E-state index < -0.39 is 5.97 Å². The van der Waals surface area contributed by atoms with Crippen molar-refractivity contribution in [2.75, 3.05) is 7.11 Å². The van der Waals surface area contributed by atoms with Crippen molar-refractivity contribution in [2.45, 2.75) is 48.5 Å². The highest BCUT2D eigenvalue weighted by molar-refractivity contribution is 5.90. The lowest BCUT2D eigenvalue weighted by atomic mass is 10.0. The van der Waals surface area contributed by atoms with Gasteiger partial charge in [-0.05, 0) is 70.0 Å². The van der Waals surface area contributed by atoms with Crippen LogP contribution in [-0.2, 0) is 23.9 Å². The Hall–Kier alpha value is -5.11. The molecule has 0 aliphatic heterocycles. The first-order chi connectivity index (χ1) is 20.6. The number of hydrogen-bond donors (Lipinski definition) is 0. The Labute approximate surface area is 257 Å². The zero-order valence-electron chi connectivity index (χ0n) is 26.7. The van der Waals surface area contributed by atoms with E-state index in [2.05, 4.69) is 31.1 Å². The Morgan fingerprint density at radius 3 is 1.74 bits per heavy atom. The summed E-state index contributed by atoms with van der Waals surface area (Å²) in [5, 5.41) is 0. The zero-order chi connectivity index (χ0) is 33.6. The van der Waals surface area contributed by atoms with Crippen LogP contribution >= 0.6 is 0 Å². The number of allylic oxidation sites excluding steroid dienone is 3. The molecule has 0 unspecified atom stereocenters. The van der Waals surface area contributed by atoms with Gasteiger partial charge in [0, 0.05) is 17.2 Å². The molecule has 43 heavy (non-hydrogen) atoms. The maximum absolute atomic E-state index is 12.3. The molecule has 0 atom stereocenters. The molecular formula is C35H46O8. The van der Waals surface area contributed by atoms with E-state index in [0.717, 1.165) is 18.1 Å². The van der Waals surface area contributed by atoms with Crippen molar-refractivity contribution < 1.29 is 38.1 Å². The smallest absolute Gasteiger partial charge is 0.338 e. The van der Waals surface area contributed by atoms with Crippen molar-refractivity contribution in [1.29, 1.82) is 0 Å². The summed E-state index contributed by atoms with van der Waals surface area (Å²) in [6.07, 6.45) is 7.53. The number of hydrogen-bond acceptors (Lipinski definition) is 8. The van der Waals surface area contributed by atoms with Crippen molar-refractivity contribution >= 4 is 18.7 Å². The highest BCUT2D eigenvalue weighted by Crippen LogP contribution is 2.35. The number of methoxy groups -OCH3 is 1. The maximum atomic E-state index is 12.3. The van der Waals surface area contributed by atoms with Gasteiger partial charge in [0.2, 0.25) is 0 Å². The third-order valence-corrected chi connectivity index (χ3v) is 4.07. The van der Waals surface area contributed by atoms with E-state index in [1.165, 1.54) is 31.5 Å². The highest BCUT2D eigenvalue weighted by atomic mass is 16.5. The zero-order valence-corrected chi connectivity index (χ0v) is 26.7. The number of esters is 1. The van der Waals surface area contributed by atoms with Crippen LogP contribution in [0, 0.1) is 0 Å². The topological polar surface area (TPSA) is 97.4 Å². The second kappa shape index (κ2) is 28.4. The minimum Gasteiger partial charge on any atom is -0.501 e. The predicted molar refractivity (Wildman–Crippen MR) is 175 cm³/mol. The second-order valence-corrected chi connectivity index (χ2v) is 7.96. The molecule has 2 aromatic carbocycles. The molecule has 0 saturated heterocycles. The van der Waals surface area contributed by atoms with Crippen LogP contribution in [0.5, 0.6) is 17.2 Å². The van der Waals surface area contributed by atoms with Gasteiger partial charge in [-0.2, -0.15) is 0 Å². The average Bonchev–Trinajstić information content (AvgIpc) is 3.01. The summed E-state index contributed by atoms with van der Waals surface area (Å²) >= 11 is 0. The van der Waals surface area contributed by atoms with Crippen LogP contribution in [0.2, 0.25) is 0 Å². The Kier molecular flexibility index (Phi) is 28.0. The van der Waals surface area contributed by atoms with Gasteiger partial charge in [-0.15, -0.1) is 19.7 Å². The van der Waals surface area contributed by atoms with Crippen molar-refractivity contribution in [3.05, 3.63) is 117 Å². The van der Waals surface area contributed by atoms with Gasteiger partial charge >= 0.3 is 5.97 Å². The quantitative estimate of drug-likeness (QED) is 0.0635. The molecule has 0 heterocycles. The molecule has 2 aromatic rings. The first-order valence-electron chi connectivity index (χ1n) is 13.2. The molecule has 0 aromatic heterocycles. The molecule has 234 valence electrons. The van der Waals surface area contributed by atoms with Crippen LogP contribution < -0.4 is 14.2 Å². The summed E-state index contributed by atoms with van der Waals surface area (Å²) in [5.41, 5.74) is 3.71. The largest absolute Gasteiger partial charge is 0.501 e. The molecule has 0 saturated carbocycles. The molecule has 0 fully saturated rings. The van der Waals surface area contributed by atoms with Crippen molar-refractivity contribution in [3.63, 3.8) is 0 Å². The summed E-state index contributed by atoms with van der Waals surface area (Å²) in [7, 11) is 1.53. The van der Waals surface area contributed by atoms with Crippen LogP contribution in [0.25, 0.3) is 11.1 Å². The number of rotatable bonds is 11. The third kappa shape index (κ3) is 22.3. The Morgan fingerprint density at radius 1 is 0.791 bits per heavy atom. The van der Waals surface area contributed by atoms with Gasteiger partial charge in [0.05, 0.1) is 7.11 Å². The van der Waals surface area contributed by atoms with Gasteiger partial charge < -0.3 is 23.7 Å². The summed E-state index contributed by atoms with van der Waals surface area (Å²) in [4.78, 5) is 31.9. The summed E-state index contributed by atoms with van der Waals surface area (Å²) in [6.45, 7) is 26.2. The molecule has 0 aliphatic rings. The lowest BCUT2D eigenvalue weighted by Crippen LogP contribution is -2.09. The molecule has 0 spiro atoms. The minimum atomic E-state index is -0.472. The van der Waals surface area contributed by atoms with E-state index in [4.69, 9.17) is 18.9 Å². The number of benzene rings is 2. The molecule has 0 N–H and O–H groups in total. The Morgan fingerprint density at radius 2 is 1.28 bits per heavy atom. The molecule has 0 aliphatic carbocycles. The highest BCUT2D eigenvalue weighted by Gasteiger charge is 2.14. The van der Waals surface area contributed by atoms with E-state index >= 15 is 0 Å². The number of carbonyl (C=O) groups is 3. The lowest BCUT2D eigenvalue weighted by molar-refractivity contribution is -0.130. The Bertz CT molecular complexity index is 1180. The summed E-state index contributed by atoms with van der Waals surface area (Å²) in [5.74, 6) is 0.863. The normalized spacial score (nSPS) is 9.53. The first-order valence-corrected chi connectivity index (χ1v) is 13.2. The van der Waals surface area contributed by atoms with Crippen LogP contribution in [0.4, 0.5) is 0 Å². The van der Waals surface area contributed by atoms with Gasteiger partial charge in [-0.25, -0.2) is 4.79 Å². The average molecular weight is 595 g/mol. The van der Waals surface area contributed by atoms with Crippen molar-refractivity contribution in [3.8, 4) is 28.4 Å². The monoisotopic (exact) mass is 594 g/mol. The molecule has 2 rings (SSSR count). The van der Waals surface area contributed by atoms with Crippen LogP contribution in [0.3, 0.4) is 0 Å². The number of carbonyl (C=O) groups excluding carboxylic acids is 3. The fraction of sp³-hybridized carbons (Fsp3) is 0.229. The molecular weight excluding hydrogens is 548 g/mol. The van der Waals surface area contributed by atoms with Gasteiger partial charge in [0.1, 0.15) is 48.6 Å². The fourth-order valence-corrected chi connectivity index (χ4v) is 2.24. The van der Waals surface area contributed by atoms with Gasteiger partial charge in [-0.3, -0.25) is 9.59 Å². The third-order valence-electron chi connectivity index (χ3n) is 4.07. The second-order valence-electron chi connectivity index (χ2n) is 7.96.